The highest BCUT2D eigenvalue weighted by Crippen LogP contribution is 2.45. The molecule has 2 unspecified atom stereocenters. The number of carbonyl (C=O) groups excluding carboxylic acids is 3. The highest BCUT2D eigenvalue weighted by molar-refractivity contribution is 6.30. The number of hydrogen-bond donors (Lipinski definition) is 2. The Kier molecular flexibility index (Phi) is 6.12. The molecule has 0 bridgehead atoms. The normalized spacial score (nSPS) is 21.0. The van der Waals surface area contributed by atoms with Crippen molar-refractivity contribution in [2.75, 3.05) is 4.90 Å². The molecule has 4 amide bonds. The van der Waals surface area contributed by atoms with Gasteiger partial charge in [-0.25, -0.2) is 9.69 Å². The first-order valence-corrected chi connectivity index (χ1v) is 14.3. The lowest BCUT2D eigenvalue weighted by atomic mass is 9.89. The molecule has 3 heterocycles. The summed E-state index contributed by atoms with van der Waals surface area (Å²) in [6, 6.07) is 20.7. The SMILES string of the molecule is O=C(NC1CCCCC1)c1ccccc1N1C(=O)C2Cc3c([nH]c4ccccc34)C(c3cccc(Cl)c3)N2C1=O. The van der Waals surface area contributed by atoms with Crippen molar-refractivity contribution in [2.24, 2.45) is 0 Å². The Morgan fingerprint density at radius 2 is 1.70 bits per heavy atom. The molecule has 1 aromatic heterocycles. The summed E-state index contributed by atoms with van der Waals surface area (Å²) >= 11 is 6.40. The van der Waals surface area contributed by atoms with Gasteiger partial charge in [0.2, 0.25) is 0 Å². The van der Waals surface area contributed by atoms with E-state index in [2.05, 4.69) is 10.3 Å². The van der Waals surface area contributed by atoms with Gasteiger partial charge in [0.1, 0.15) is 12.1 Å². The molecule has 2 N–H and O–H groups in total. The van der Waals surface area contributed by atoms with Crippen molar-refractivity contribution in [1.29, 1.82) is 0 Å². The number of aromatic nitrogens is 1. The van der Waals surface area contributed by atoms with Crippen LogP contribution in [0.25, 0.3) is 10.9 Å². The van der Waals surface area contributed by atoms with Gasteiger partial charge in [0.25, 0.3) is 11.8 Å². The predicted octanol–water partition coefficient (Wildman–Crippen LogP) is 6.37. The number of imide groups is 1. The number of nitrogens with zero attached hydrogens (tertiary/aromatic N) is 2. The van der Waals surface area contributed by atoms with Gasteiger partial charge in [-0.05, 0) is 54.3 Å². The second-order valence-electron chi connectivity index (χ2n) is 10.9. The maximum absolute atomic E-state index is 14.3. The second kappa shape index (κ2) is 9.82. The van der Waals surface area contributed by atoms with Crippen LogP contribution in [-0.4, -0.2) is 39.8 Å². The lowest BCUT2D eigenvalue weighted by Gasteiger charge is -2.36. The van der Waals surface area contributed by atoms with Gasteiger partial charge in [0.15, 0.2) is 0 Å². The monoisotopic (exact) mass is 552 g/mol. The van der Waals surface area contributed by atoms with Crippen molar-refractivity contribution in [1.82, 2.24) is 15.2 Å². The van der Waals surface area contributed by atoms with Crippen molar-refractivity contribution >= 4 is 46.0 Å². The first-order valence-electron chi connectivity index (χ1n) is 13.9. The Balaban J connectivity index is 1.31. The minimum Gasteiger partial charge on any atom is -0.356 e. The zero-order valence-corrected chi connectivity index (χ0v) is 22.7. The molecule has 202 valence electrons. The zero-order valence-electron chi connectivity index (χ0n) is 21.9. The van der Waals surface area contributed by atoms with Crippen molar-refractivity contribution < 1.29 is 14.4 Å². The molecule has 0 spiro atoms. The van der Waals surface area contributed by atoms with E-state index < -0.39 is 18.1 Å². The average molecular weight is 553 g/mol. The molecule has 1 saturated heterocycles. The highest BCUT2D eigenvalue weighted by Gasteiger charge is 2.53. The van der Waals surface area contributed by atoms with E-state index in [1.807, 2.05) is 42.5 Å². The van der Waals surface area contributed by atoms with Crippen LogP contribution in [0.5, 0.6) is 0 Å². The molecule has 1 saturated carbocycles. The van der Waals surface area contributed by atoms with E-state index in [1.54, 1.807) is 35.2 Å². The molecule has 3 aromatic carbocycles. The maximum Gasteiger partial charge on any atom is 0.332 e. The lowest BCUT2D eigenvalue weighted by molar-refractivity contribution is -0.120. The molecule has 3 aliphatic rings. The summed E-state index contributed by atoms with van der Waals surface area (Å²) < 4.78 is 0. The number of anilines is 1. The van der Waals surface area contributed by atoms with Crippen LogP contribution in [0.4, 0.5) is 10.5 Å². The van der Waals surface area contributed by atoms with Crippen LogP contribution in [0, 0.1) is 0 Å². The number of hydrogen-bond acceptors (Lipinski definition) is 3. The number of nitrogens with one attached hydrogen (secondary N) is 2. The molecule has 1 aliphatic carbocycles. The van der Waals surface area contributed by atoms with E-state index in [-0.39, 0.29) is 17.9 Å². The molecule has 7 rings (SSSR count). The van der Waals surface area contributed by atoms with Gasteiger partial charge >= 0.3 is 6.03 Å². The first kappa shape index (κ1) is 24.9. The smallest absolute Gasteiger partial charge is 0.332 e. The van der Waals surface area contributed by atoms with Crippen LogP contribution in [0.3, 0.4) is 0 Å². The highest BCUT2D eigenvalue weighted by atomic mass is 35.5. The van der Waals surface area contributed by atoms with E-state index in [0.29, 0.717) is 22.7 Å². The van der Waals surface area contributed by atoms with Crippen molar-refractivity contribution in [2.45, 2.75) is 56.7 Å². The Morgan fingerprint density at radius 3 is 2.52 bits per heavy atom. The van der Waals surface area contributed by atoms with Gasteiger partial charge in [-0.2, -0.15) is 0 Å². The number of para-hydroxylation sites is 2. The summed E-state index contributed by atoms with van der Waals surface area (Å²) in [5, 5.41) is 4.73. The third-order valence-corrected chi connectivity index (χ3v) is 8.78. The number of benzene rings is 3. The van der Waals surface area contributed by atoms with Crippen LogP contribution in [-0.2, 0) is 11.2 Å². The summed E-state index contributed by atoms with van der Waals surface area (Å²) in [4.78, 5) is 48.2. The van der Waals surface area contributed by atoms with E-state index >= 15 is 0 Å². The van der Waals surface area contributed by atoms with Gasteiger partial charge in [-0.15, -0.1) is 0 Å². The standard InChI is InChI=1S/C32H29ClN4O3/c33-20-10-8-9-19(17-20)29-28-24(22-13-4-6-15-25(22)35-28)18-27-31(39)37(32(40)36(27)29)26-16-7-5-14-23(26)30(38)34-21-11-2-1-3-12-21/h4-10,13-17,21,27,29,35H,1-3,11-12,18H2,(H,34,38). The number of aromatic amines is 1. The minimum absolute atomic E-state index is 0.108. The Bertz CT molecular complexity index is 1660. The first-order chi connectivity index (χ1) is 19.5. The van der Waals surface area contributed by atoms with Gasteiger partial charge < -0.3 is 10.3 Å². The number of carbonyl (C=O) groups is 3. The Morgan fingerprint density at radius 1 is 0.925 bits per heavy atom. The van der Waals surface area contributed by atoms with Crippen LogP contribution >= 0.6 is 11.6 Å². The molecule has 2 fully saturated rings. The predicted molar refractivity (Wildman–Crippen MR) is 155 cm³/mol. The molecule has 7 nitrogen and oxygen atoms in total. The Hall–Kier alpha value is -4.10. The molecule has 0 radical (unpaired) electrons. The summed E-state index contributed by atoms with van der Waals surface area (Å²) in [7, 11) is 0. The van der Waals surface area contributed by atoms with Crippen LogP contribution < -0.4 is 10.2 Å². The molecular weight excluding hydrogens is 524 g/mol. The summed E-state index contributed by atoms with van der Waals surface area (Å²) in [6.07, 6.45) is 5.63. The van der Waals surface area contributed by atoms with E-state index in [9.17, 15) is 14.4 Å². The van der Waals surface area contributed by atoms with Crippen molar-refractivity contribution in [3.63, 3.8) is 0 Å². The van der Waals surface area contributed by atoms with Crippen molar-refractivity contribution in [3.05, 3.63) is 100 Å². The van der Waals surface area contributed by atoms with Gasteiger partial charge in [-0.3, -0.25) is 14.5 Å². The topological polar surface area (TPSA) is 85.5 Å². The third-order valence-electron chi connectivity index (χ3n) is 8.54. The van der Waals surface area contributed by atoms with E-state index in [0.717, 1.165) is 53.4 Å². The molecule has 4 aromatic rings. The van der Waals surface area contributed by atoms with Crippen molar-refractivity contribution in [3.8, 4) is 0 Å². The van der Waals surface area contributed by atoms with Crippen LogP contribution in [0.2, 0.25) is 5.02 Å². The average Bonchev–Trinajstić information content (AvgIpc) is 3.46. The maximum atomic E-state index is 14.3. The third kappa shape index (κ3) is 3.99. The summed E-state index contributed by atoms with van der Waals surface area (Å²) in [5.41, 5.74) is 4.33. The van der Waals surface area contributed by atoms with Gasteiger partial charge in [0.05, 0.1) is 11.3 Å². The van der Waals surface area contributed by atoms with E-state index in [4.69, 9.17) is 11.6 Å². The number of amides is 4. The van der Waals surface area contributed by atoms with Gasteiger partial charge in [0, 0.05) is 34.1 Å². The number of fused-ring (bicyclic) bond motifs is 4. The molecule has 2 atom stereocenters. The van der Waals surface area contributed by atoms with E-state index in [1.165, 1.54) is 11.3 Å². The molecule has 2 aliphatic heterocycles. The van der Waals surface area contributed by atoms with Crippen LogP contribution in [0.15, 0.2) is 72.8 Å². The Labute approximate surface area is 237 Å². The molecular formula is C32H29ClN4O3. The lowest BCUT2D eigenvalue weighted by Crippen LogP contribution is -2.44. The number of halogens is 1. The number of rotatable bonds is 4. The molecule has 8 heteroatoms. The van der Waals surface area contributed by atoms with Gasteiger partial charge in [-0.1, -0.05) is 73.3 Å². The fourth-order valence-electron chi connectivity index (χ4n) is 6.69. The fraction of sp³-hybridized carbons (Fsp3) is 0.281. The number of H-pyrrole nitrogens is 1. The second-order valence-corrected chi connectivity index (χ2v) is 11.4. The zero-order chi connectivity index (χ0) is 27.4. The fourth-order valence-corrected chi connectivity index (χ4v) is 6.89. The summed E-state index contributed by atoms with van der Waals surface area (Å²) in [6.45, 7) is 0. The number of urea groups is 1. The summed E-state index contributed by atoms with van der Waals surface area (Å²) in [5.74, 6) is -0.582. The molecule has 40 heavy (non-hydrogen) atoms. The quantitative estimate of drug-likeness (QED) is 0.289. The minimum atomic E-state index is -0.711. The van der Waals surface area contributed by atoms with Crippen LogP contribution in [0.1, 0.15) is 65.3 Å². The largest absolute Gasteiger partial charge is 0.356 e.